The molecule has 1 aliphatic heterocycles. The number of halogens is 2. The van der Waals surface area contributed by atoms with Crippen molar-refractivity contribution in [1.29, 1.82) is 0 Å². The monoisotopic (exact) mass is 536 g/mol. The van der Waals surface area contributed by atoms with E-state index < -0.39 is 21.3 Å². The lowest BCUT2D eigenvalue weighted by Crippen LogP contribution is -2.51. The van der Waals surface area contributed by atoms with E-state index in [-0.39, 0.29) is 49.1 Å². The number of pyridine rings is 1. The number of nitrogens with one attached hydrogen (secondary N) is 1. The van der Waals surface area contributed by atoms with Crippen LogP contribution in [0, 0.1) is 12.7 Å². The van der Waals surface area contributed by atoms with Gasteiger partial charge < -0.3 is 5.32 Å². The zero-order valence-corrected chi connectivity index (χ0v) is 22.3. The summed E-state index contributed by atoms with van der Waals surface area (Å²) in [5.74, 6) is -0.813. The van der Waals surface area contributed by atoms with Gasteiger partial charge in [-0.2, -0.15) is 4.31 Å². The molecule has 0 unspecified atom stereocenters. The van der Waals surface area contributed by atoms with Crippen LogP contribution in [0.4, 0.5) is 4.39 Å². The van der Waals surface area contributed by atoms with E-state index in [9.17, 15) is 17.6 Å². The van der Waals surface area contributed by atoms with Crippen molar-refractivity contribution in [3.63, 3.8) is 0 Å². The summed E-state index contributed by atoms with van der Waals surface area (Å²) in [5.41, 5.74) is 0.513. The molecule has 12 heteroatoms. The second-order valence-corrected chi connectivity index (χ2v) is 10.7. The molecule has 1 saturated heterocycles. The zero-order valence-electron chi connectivity index (χ0n) is 20.7. The SMILES string of the molecule is CC.Cc1cc(Cl)ccc1C(=O)NCC1(c2ncccc2F)CCN(S(=O)(=O)c2cnnn2C)CC1. The number of rotatable bonds is 6. The molecular formula is C24H30ClFN6O3S. The van der Waals surface area contributed by atoms with E-state index in [1.165, 1.54) is 40.6 Å². The number of carbonyl (C=O) groups excluding carboxylic acids is 1. The average Bonchev–Trinajstić information content (AvgIpc) is 3.31. The van der Waals surface area contributed by atoms with Gasteiger partial charge in [0.1, 0.15) is 5.82 Å². The van der Waals surface area contributed by atoms with Crippen molar-refractivity contribution in [2.24, 2.45) is 7.05 Å². The number of hydrogen-bond donors (Lipinski definition) is 1. The van der Waals surface area contributed by atoms with Gasteiger partial charge in [-0.05, 0) is 55.7 Å². The molecule has 1 N–H and O–H groups in total. The summed E-state index contributed by atoms with van der Waals surface area (Å²) in [6, 6.07) is 7.78. The first kappa shape index (κ1) is 27.7. The Bertz CT molecular complexity index is 1320. The first-order valence-electron chi connectivity index (χ1n) is 11.6. The smallest absolute Gasteiger partial charge is 0.261 e. The van der Waals surface area contributed by atoms with Crippen molar-refractivity contribution < 1.29 is 17.6 Å². The fourth-order valence-corrected chi connectivity index (χ4v) is 6.01. The largest absolute Gasteiger partial charge is 0.351 e. The van der Waals surface area contributed by atoms with Crippen LogP contribution < -0.4 is 5.32 Å². The number of amides is 1. The van der Waals surface area contributed by atoms with Crippen LogP contribution in [0.2, 0.25) is 5.02 Å². The minimum Gasteiger partial charge on any atom is -0.351 e. The third-order valence-corrected chi connectivity index (χ3v) is 8.42. The third-order valence-electron chi connectivity index (χ3n) is 6.24. The fraction of sp³-hybridized carbons (Fsp3) is 0.417. The zero-order chi connectivity index (χ0) is 26.5. The lowest BCUT2D eigenvalue weighted by atomic mass is 9.75. The molecule has 1 amide bonds. The van der Waals surface area contributed by atoms with Crippen LogP contribution in [-0.2, 0) is 22.5 Å². The Hall–Kier alpha value is -2.89. The van der Waals surface area contributed by atoms with E-state index in [0.717, 1.165) is 0 Å². The van der Waals surface area contributed by atoms with E-state index in [4.69, 9.17) is 11.6 Å². The maximum Gasteiger partial charge on any atom is 0.261 e. The molecule has 1 aromatic carbocycles. The molecule has 194 valence electrons. The predicted octanol–water partition coefficient (Wildman–Crippen LogP) is 3.49. The van der Waals surface area contributed by atoms with Crippen LogP contribution in [0.15, 0.2) is 47.8 Å². The predicted molar refractivity (Wildman–Crippen MR) is 135 cm³/mol. The Balaban J connectivity index is 0.00000176. The van der Waals surface area contributed by atoms with Crippen molar-refractivity contribution in [3.05, 3.63) is 70.4 Å². The number of aryl methyl sites for hydroxylation is 2. The van der Waals surface area contributed by atoms with Gasteiger partial charge >= 0.3 is 0 Å². The van der Waals surface area contributed by atoms with Gasteiger partial charge in [0.05, 0.1) is 11.9 Å². The van der Waals surface area contributed by atoms with E-state index in [0.29, 0.717) is 16.1 Å². The van der Waals surface area contributed by atoms with Crippen LogP contribution in [-0.4, -0.2) is 58.2 Å². The van der Waals surface area contributed by atoms with Gasteiger partial charge in [-0.1, -0.05) is 30.7 Å². The molecule has 4 rings (SSSR count). The van der Waals surface area contributed by atoms with Crippen LogP contribution in [0.1, 0.15) is 48.3 Å². The lowest BCUT2D eigenvalue weighted by Gasteiger charge is -2.41. The quantitative estimate of drug-likeness (QED) is 0.516. The molecule has 0 bridgehead atoms. The normalized spacial score (nSPS) is 15.6. The van der Waals surface area contributed by atoms with Gasteiger partial charge in [-0.3, -0.25) is 9.78 Å². The van der Waals surface area contributed by atoms with Crippen LogP contribution in [0.3, 0.4) is 0 Å². The van der Waals surface area contributed by atoms with Crippen LogP contribution >= 0.6 is 11.6 Å². The van der Waals surface area contributed by atoms with Gasteiger partial charge in [0.25, 0.3) is 15.9 Å². The lowest BCUT2D eigenvalue weighted by molar-refractivity contribution is 0.0930. The van der Waals surface area contributed by atoms with E-state index in [1.807, 2.05) is 13.8 Å². The van der Waals surface area contributed by atoms with E-state index >= 15 is 0 Å². The van der Waals surface area contributed by atoms with E-state index in [1.54, 1.807) is 25.1 Å². The number of hydrogen-bond acceptors (Lipinski definition) is 6. The molecule has 0 radical (unpaired) electrons. The second-order valence-electron chi connectivity index (χ2n) is 8.36. The standard InChI is InChI=1S/C22H24ClFN6O3S.C2H6/c1-15-12-16(23)5-6-17(15)21(31)26-14-22(20-18(24)4-3-9-25-20)7-10-30(11-8-22)34(32,33)19-13-27-28-29(19)2;1-2/h3-6,9,12-13H,7-8,10-11,14H2,1-2H3,(H,26,31);1-2H3. The number of piperidine rings is 1. The second kappa shape index (κ2) is 11.4. The summed E-state index contributed by atoms with van der Waals surface area (Å²) in [6.07, 6.45) is 3.23. The maximum atomic E-state index is 14.8. The Morgan fingerprint density at radius 3 is 2.50 bits per heavy atom. The van der Waals surface area contributed by atoms with Gasteiger partial charge in [-0.25, -0.2) is 17.5 Å². The molecule has 0 atom stereocenters. The Morgan fingerprint density at radius 2 is 1.92 bits per heavy atom. The number of benzene rings is 1. The molecule has 0 saturated carbocycles. The highest BCUT2D eigenvalue weighted by Crippen LogP contribution is 2.37. The molecule has 2 aromatic heterocycles. The first-order valence-corrected chi connectivity index (χ1v) is 13.5. The molecule has 3 heterocycles. The van der Waals surface area contributed by atoms with Gasteiger partial charge in [0, 0.05) is 48.9 Å². The summed E-state index contributed by atoms with van der Waals surface area (Å²) in [6.45, 7) is 6.13. The third kappa shape index (κ3) is 5.58. The fourth-order valence-electron chi connectivity index (χ4n) is 4.30. The van der Waals surface area contributed by atoms with Crippen molar-refractivity contribution in [2.75, 3.05) is 19.6 Å². The number of nitrogens with zero attached hydrogens (tertiary/aromatic N) is 5. The maximum absolute atomic E-state index is 14.8. The molecular weight excluding hydrogens is 507 g/mol. The topological polar surface area (TPSA) is 110 Å². The molecule has 36 heavy (non-hydrogen) atoms. The molecule has 1 aliphatic rings. The molecule has 9 nitrogen and oxygen atoms in total. The summed E-state index contributed by atoms with van der Waals surface area (Å²) < 4.78 is 43.5. The molecule has 0 spiro atoms. The summed E-state index contributed by atoms with van der Waals surface area (Å²) >= 11 is 5.99. The summed E-state index contributed by atoms with van der Waals surface area (Å²) in [5, 5.41) is 10.8. The Kier molecular flexibility index (Phi) is 8.80. The van der Waals surface area contributed by atoms with Crippen LogP contribution in [0.25, 0.3) is 0 Å². The highest BCUT2D eigenvalue weighted by atomic mass is 35.5. The average molecular weight is 537 g/mol. The number of aromatic nitrogens is 4. The van der Waals surface area contributed by atoms with Crippen LogP contribution in [0.5, 0.6) is 0 Å². The summed E-state index contributed by atoms with van der Waals surface area (Å²) in [7, 11) is -2.31. The van der Waals surface area contributed by atoms with Gasteiger partial charge in [-0.15, -0.1) is 5.10 Å². The highest BCUT2D eigenvalue weighted by Gasteiger charge is 2.43. The highest BCUT2D eigenvalue weighted by molar-refractivity contribution is 7.89. The molecule has 3 aromatic rings. The van der Waals surface area contributed by atoms with Gasteiger partial charge in [0.2, 0.25) is 0 Å². The number of carbonyl (C=O) groups is 1. The number of sulfonamides is 1. The van der Waals surface area contributed by atoms with E-state index in [2.05, 4.69) is 20.6 Å². The minimum absolute atomic E-state index is 0.0180. The molecule has 1 fully saturated rings. The minimum atomic E-state index is -3.82. The first-order chi connectivity index (χ1) is 17.1. The van der Waals surface area contributed by atoms with Crippen molar-refractivity contribution >= 4 is 27.5 Å². The van der Waals surface area contributed by atoms with Crippen molar-refractivity contribution in [3.8, 4) is 0 Å². The Morgan fingerprint density at radius 1 is 1.22 bits per heavy atom. The Labute approximate surface area is 215 Å². The van der Waals surface area contributed by atoms with Crippen molar-refractivity contribution in [2.45, 2.75) is 44.1 Å². The summed E-state index contributed by atoms with van der Waals surface area (Å²) in [4.78, 5) is 17.2. The van der Waals surface area contributed by atoms with Crippen molar-refractivity contribution in [1.82, 2.24) is 29.6 Å². The molecule has 0 aliphatic carbocycles. The van der Waals surface area contributed by atoms with Gasteiger partial charge in [0.15, 0.2) is 5.03 Å².